The van der Waals surface area contributed by atoms with Crippen LogP contribution in [0.1, 0.15) is 6.42 Å². The number of rotatable bonds is 5. The van der Waals surface area contributed by atoms with Crippen LogP contribution in [-0.2, 0) is 4.43 Å². The number of halogens is 2. The Labute approximate surface area is 73.6 Å². The molecular weight excluding hydrogens is 178 g/mol. The highest BCUT2D eigenvalue weighted by atomic mass is 28.4. The van der Waals surface area contributed by atoms with Crippen LogP contribution in [0.25, 0.3) is 0 Å². The van der Waals surface area contributed by atoms with Gasteiger partial charge in [-0.25, -0.2) is 8.78 Å². The van der Waals surface area contributed by atoms with Crippen LogP contribution in [0.5, 0.6) is 0 Å². The molecule has 0 fully saturated rings. The summed E-state index contributed by atoms with van der Waals surface area (Å²) in [6, 6.07) is 0. The molecule has 0 aliphatic carbocycles. The van der Waals surface area contributed by atoms with Gasteiger partial charge in [0, 0.05) is 0 Å². The van der Waals surface area contributed by atoms with Crippen molar-refractivity contribution in [3.8, 4) is 0 Å². The maximum atomic E-state index is 12.2. The smallest absolute Gasteiger partial charge is 0.149 e. The minimum absolute atomic E-state index is 0.141. The largest absolute Gasteiger partial charge is 0.584 e. The summed E-state index contributed by atoms with van der Waals surface area (Å²) in [5.41, 5.74) is 0. The topological polar surface area (TPSA) is 9.23 Å². The van der Waals surface area contributed by atoms with E-state index < -0.39 is 14.7 Å². The van der Waals surface area contributed by atoms with Crippen LogP contribution in [0.3, 0.4) is 0 Å². The second-order valence-electron chi connectivity index (χ2n) is 3.47. The molecule has 0 aromatic carbocycles. The lowest BCUT2D eigenvalue weighted by Crippen LogP contribution is -2.30. The lowest BCUT2D eigenvalue weighted by atomic mass is 10.3. The fourth-order valence-electron chi connectivity index (χ4n) is 0.711. The van der Waals surface area contributed by atoms with Gasteiger partial charge in [0.15, 0.2) is 0 Å². The van der Waals surface area contributed by atoms with Crippen molar-refractivity contribution in [2.75, 3.05) is 0 Å². The van der Waals surface area contributed by atoms with E-state index in [0.717, 1.165) is 0 Å². The molecule has 0 unspecified atom stereocenters. The zero-order valence-electron chi connectivity index (χ0n) is 7.73. The van der Waals surface area contributed by atoms with E-state index >= 15 is 0 Å². The minimum atomic E-state index is -2.49. The third kappa shape index (κ3) is 5.43. The molecule has 0 saturated heterocycles. The molecule has 72 valence electrons. The van der Waals surface area contributed by atoms with Gasteiger partial charge in [0.1, 0.15) is 14.7 Å². The third-order valence-corrected chi connectivity index (χ3v) is 1.90. The van der Waals surface area contributed by atoms with Gasteiger partial charge in [0.25, 0.3) is 0 Å². The van der Waals surface area contributed by atoms with Crippen molar-refractivity contribution >= 4 is 8.32 Å². The highest BCUT2D eigenvalue weighted by Gasteiger charge is 2.15. The first-order chi connectivity index (χ1) is 5.37. The van der Waals surface area contributed by atoms with Crippen molar-refractivity contribution in [1.82, 2.24) is 0 Å². The van der Waals surface area contributed by atoms with Gasteiger partial charge in [-0.15, -0.1) is 25.2 Å². The average Bonchev–Trinajstić information content (AvgIpc) is 1.83. The molecule has 0 heterocycles. The molecule has 0 aromatic heterocycles. The summed E-state index contributed by atoms with van der Waals surface area (Å²) in [5, 5.41) is 0. The molecule has 4 heteroatoms. The molecule has 1 nitrogen and oxygen atoms in total. The maximum Gasteiger partial charge on any atom is 0.149 e. The summed E-state index contributed by atoms with van der Waals surface area (Å²) in [6.07, 6.45) is -1.07. The van der Waals surface area contributed by atoms with Crippen molar-refractivity contribution in [2.24, 2.45) is 0 Å². The molecule has 0 rings (SSSR count). The summed E-state index contributed by atoms with van der Waals surface area (Å²) in [5.74, 6) is 0. The zero-order chi connectivity index (χ0) is 9.78. The Hall–Kier alpha value is -0.223. The highest BCUT2D eigenvalue weighted by Crippen LogP contribution is 2.23. The second-order valence-corrected chi connectivity index (χ2v) is 7.90. The maximum absolute atomic E-state index is 12.2. The summed E-state index contributed by atoms with van der Waals surface area (Å²) in [4.78, 5) is 0. The molecule has 12 heavy (non-hydrogen) atoms. The van der Waals surface area contributed by atoms with E-state index in [-0.39, 0.29) is 12.5 Å². The van der Waals surface area contributed by atoms with Gasteiger partial charge >= 0.3 is 0 Å². The molecule has 0 aliphatic heterocycles. The molecule has 0 saturated carbocycles. The van der Waals surface area contributed by atoms with Gasteiger partial charge in [-0.05, 0) is 19.6 Å². The van der Waals surface area contributed by atoms with Crippen molar-refractivity contribution in [3.63, 3.8) is 0 Å². The number of hydrogen-bond acceptors (Lipinski definition) is 1. The van der Waals surface area contributed by atoms with Crippen LogP contribution in [0, 0.1) is 6.10 Å². The normalized spacial score (nSPS) is 12.6. The van der Waals surface area contributed by atoms with Gasteiger partial charge in [-0.3, -0.25) is 0 Å². The number of alkyl halides is 2. The fourth-order valence-corrected chi connectivity index (χ4v) is 1.67. The van der Waals surface area contributed by atoms with E-state index in [1.54, 1.807) is 0 Å². The molecule has 0 amide bonds. The van der Waals surface area contributed by atoms with Gasteiger partial charge in [0.05, 0.1) is 0 Å². The Morgan fingerprint density at radius 1 is 1.50 bits per heavy atom. The first-order valence-electron chi connectivity index (χ1n) is 3.80. The molecule has 0 radical (unpaired) electrons. The van der Waals surface area contributed by atoms with Crippen LogP contribution in [0.4, 0.5) is 8.78 Å². The number of hydrogen-bond donors (Lipinski definition) is 0. The van der Waals surface area contributed by atoms with E-state index in [2.05, 4.69) is 6.58 Å². The fraction of sp³-hybridized carbons (Fsp3) is 0.625. The second kappa shape index (κ2) is 4.72. The van der Waals surface area contributed by atoms with Crippen LogP contribution >= 0.6 is 0 Å². The van der Waals surface area contributed by atoms with Gasteiger partial charge < -0.3 is 4.43 Å². The minimum Gasteiger partial charge on any atom is -0.584 e. The summed E-state index contributed by atoms with van der Waals surface area (Å²) < 4.78 is 29.6. The van der Waals surface area contributed by atoms with Gasteiger partial charge in [-0.2, -0.15) is 0 Å². The van der Waals surface area contributed by atoms with Crippen LogP contribution < -0.4 is 0 Å². The Bertz CT molecular complexity index is 142. The predicted octanol–water partition coefficient (Wildman–Crippen LogP) is 3.21. The van der Waals surface area contributed by atoms with E-state index in [4.69, 9.17) is 4.43 Å². The van der Waals surface area contributed by atoms with E-state index in [1.165, 1.54) is 6.08 Å². The first-order valence-corrected chi connectivity index (χ1v) is 7.21. The SMILES string of the molecule is C=CC[C-](O[Si](C)(C)C)C(F)F. The monoisotopic (exact) mass is 193 g/mol. The summed E-state index contributed by atoms with van der Waals surface area (Å²) >= 11 is 0. The molecular formula is C8H15F2OSi-. The van der Waals surface area contributed by atoms with Gasteiger partial charge in [0.2, 0.25) is 0 Å². The van der Waals surface area contributed by atoms with E-state index in [1.807, 2.05) is 19.6 Å². The molecule has 0 atom stereocenters. The third-order valence-electron chi connectivity index (χ3n) is 1.03. The Morgan fingerprint density at radius 2 is 2.00 bits per heavy atom. The van der Waals surface area contributed by atoms with Crippen molar-refractivity contribution in [3.05, 3.63) is 18.8 Å². The Balaban J connectivity index is 4.04. The van der Waals surface area contributed by atoms with Crippen LogP contribution in [0.15, 0.2) is 12.7 Å². The summed E-state index contributed by atoms with van der Waals surface area (Å²) in [6.45, 7) is 9.01. The zero-order valence-corrected chi connectivity index (χ0v) is 8.73. The van der Waals surface area contributed by atoms with Crippen molar-refractivity contribution < 1.29 is 13.2 Å². The lowest BCUT2D eigenvalue weighted by Gasteiger charge is -2.37. The van der Waals surface area contributed by atoms with Gasteiger partial charge in [-0.1, -0.05) is 0 Å². The quantitative estimate of drug-likeness (QED) is 0.370. The first kappa shape index (κ1) is 11.8. The standard InChI is InChI=1S/C8H15F2OSi/c1-5-6-7(8(9)10)11-12(2,3)4/h5,8H,1,6H2,2-4H3/q-1. The molecule has 0 aromatic rings. The molecule has 0 spiro atoms. The Kier molecular flexibility index (Phi) is 4.63. The predicted molar refractivity (Wildman–Crippen MR) is 48.5 cm³/mol. The average molecular weight is 193 g/mol. The van der Waals surface area contributed by atoms with E-state index in [9.17, 15) is 8.78 Å². The molecule has 0 bridgehead atoms. The van der Waals surface area contributed by atoms with Crippen LogP contribution in [0.2, 0.25) is 19.6 Å². The van der Waals surface area contributed by atoms with Crippen LogP contribution in [-0.4, -0.2) is 14.7 Å². The molecule has 0 N–H and O–H groups in total. The molecule has 0 aliphatic rings. The lowest BCUT2D eigenvalue weighted by molar-refractivity contribution is 0.0806. The van der Waals surface area contributed by atoms with Crippen molar-refractivity contribution in [1.29, 1.82) is 0 Å². The Morgan fingerprint density at radius 3 is 2.25 bits per heavy atom. The van der Waals surface area contributed by atoms with E-state index in [0.29, 0.717) is 0 Å². The van der Waals surface area contributed by atoms with Crippen molar-refractivity contribution in [2.45, 2.75) is 32.5 Å². The highest BCUT2D eigenvalue weighted by molar-refractivity contribution is 6.69. The summed E-state index contributed by atoms with van der Waals surface area (Å²) in [7, 11) is -1.89.